The Morgan fingerprint density at radius 1 is 1.36 bits per heavy atom. The Morgan fingerprint density at radius 2 is 2.07 bits per heavy atom. The van der Waals surface area contributed by atoms with Gasteiger partial charge in [-0.05, 0) is 38.9 Å². The van der Waals surface area contributed by atoms with Crippen LogP contribution in [0.15, 0.2) is 6.07 Å². The number of hydrogen-bond donors (Lipinski definition) is 1. The molecule has 2 nitrogen and oxygen atoms in total. The van der Waals surface area contributed by atoms with E-state index in [1.165, 1.54) is 26.7 Å². The zero-order valence-electron chi connectivity index (χ0n) is 8.92. The van der Waals surface area contributed by atoms with Gasteiger partial charge in [-0.25, -0.2) is 0 Å². The third kappa shape index (κ3) is 1.28. The molecule has 2 rings (SSSR count). The first-order valence-electron chi connectivity index (χ1n) is 4.92. The van der Waals surface area contributed by atoms with E-state index in [9.17, 15) is 0 Å². The van der Waals surface area contributed by atoms with Crippen LogP contribution in [-0.2, 0) is 6.42 Å². The predicted octanol–water partition coefficient (Wildman–Crippen LogP) is 2.43. The molecule has 3 heteroatoms. The molecule has 2 heterocycles. The van der Waals surface area contributed by atoms with Crippen LogP contribution in [0.3, 0.4) is 0 Å². The van der Waals surface area contributed by atoms with Crippen LogP contribution in [0.4, 0.5) is 0 Å². The summed E-state index contributed by atoms with van der Waals surface area (Å²) in [5.74, 6) is 0. The lowest BCUT2D eigenvalue weighted by Gasteiger charge is -2.02. The quantitative estimate of drug-likeness (QED) is 0.807. The molecule has 0 aliphatic carbocycles. The van der Waals surface area contributed by atoms with E-state index in [2.05, 4.69) is 31.2 Å². The first-order chi connectivity index (χ1) is 6.65. The molecule has 0 saturated carbocycles. The number of aryl methyl sites for hydroxylation is 3. The Bertz CT molecular complexity index is 465. The SMILES string of the molecule is Cc1cc2sc(C)c(C)n2c1CCN. The number of nitrogens with two attached hydrogens (primary N) is 1. The van der Waals surface area contributed by atoms with Gasteiger partial charge in [0.2, 0.25) is 0 Å². The van der Waals surface area contributed by atoms with Gasteiger partial charge in [0.15, 0.2) is 0 Å². The second kappa shape index (κ2) is 3.41. The Kier molecular flexibility index (Phi) is 2.37. The minimum Gasteiger partial charge on any atom is -0.330 e. The maximum Gasteiger partial charge on any atom is 0.100 e. The average Bonchev–Trinajstić information content (AvgIpc) is 2.55. The van der Waals surface area contributed by atoms with Crippen molar-refractivity contribution in [2.45, 2.75) is 27.2 Å². The highest BCUT2D eigenvalue weighted by molar-refractivity contribution is 7.17. The van der Waals surface area contributed by atoms with Gasteiger partial charge >= 0.3 is 0 Å². The topological polar surface area (TPSA) is 30.4 Å². The molecule has 0 aromatic carbocycles. The van der Waals surface area contributed by atoms with Crippen molar-refractivity contribution in [2.75, 3.05) is 6.54 Å². The van der Waals surface area contributed by atoms with E-state index in [0.29, 0.717) is 0 Å². The molecule has 0 radical (unpaired) electrons. The summed E-state index contributed by atoms with van der Waals surface area (Å²) < 4.78 is 2.35. The predicted molar refractivity (Wildman–Crippen MR) is 62.2 cm³/mol. The Balaban J connectivity index is 2.71. The van der Waals surface area contributed by atoms with Gasteiger partial charge < -0.3 is 10.1 Å². The number of rotatable bonds is 2. The fraction of sp³-hybridized carbons (Fsp3) is 0.455. The molecule has 0 aliphatic heterocycles. The molecule has 0 amide bonds. The summed E-state index contributed by atoms with van der Waals surface area (Å²) in [5.41, 5.74) is 9.73. The van der Waals surface area contributed by atoms with Crippen LogP contribution in [-0.4, -0.2) is 10.9 Å². The van der Waals surface area contributed by atoms with Gasteiger partial charge in [0.1, 0.15) is 4.83 Å². The van der Waals surface area contributed by atoms with Crippen molar-refractivity contribution in [3.63, 3.8) is 0 Å². The molecule has 2 N–H and O–H groups in total. The van der Waals surface area contributed by atoms with Crippen molar-refractivity contribution in [3.05, 3.63) is 27.9 Å². The van der Waals surface area contributed by atoms with Gasteiger partial charge in [-0.2, -0.15) is 0 Å². The van der Waals surface area contributed by atoms with Gasteiger partial charge in [-0.3, -0.25) is 0 Å². The third-order valence-corrected chi connectivity index (χ3v) is 3.88. The van der Waals surface area contributed by atoms with Crippen LogP contribution in [0.25, 0.3) is 4.83 Å². The van der Waals surface area contributed by atoms with Gasteiger partial charge in [-0.1, -0.05) is 0 Å². The molecule has 0 saturated heterocycles. The number of aromatic nitrogens is 1. The van der Waals surface area contributed by atoms with Crippen LogP contribution < -0.4 is 5.73 Å². The summed E-state index contributed by atoms with van der Waals surface area (Å²) >= 11 is 1.86. The molecule has 0 fully saturated rings. The van der Waals surface area contributed by atoms with Gasteiger partial charge in [-0.15, -0.1) is 11.3 Å². The van der Waals surface area contributed by atoms with Crippen LogP contribution in [0, 0.1) is 20.8 Å². The molecule has 2 aromatic heterocycles. The summed E-state index contributed by atoms with van der Waals surface area (Å²) in [4.78, 5) is 2.75. The second-order valence-electron chi connectivity index (χ2n) is 3.73. The van der Waals surface area contributed by atoms with Gasteiger partial charge in [0, 0.05) is 22.7 Å². The molecule has 0 bridgehead atoms. The molecular weight excluding hydrogens is 192 g/mol. The standard InChI is InChI=1S/C11H16N2S/c1-7-6-11-13(10(7)4-5-12)8(2)9(3)14-11/h6H,4-5,12H2,1-3H3. The Morgan fingerprint density at radius 3 is 2.71 bits per heavy atom. The summed E-state index contributed by atoms with van der Waals surface area (Å²) in [6, 6.07) is 2.26. The molecule has 14 heavy (non-hydrogen) atoms. The summed E-state index contributed by atoms with van der Waals surface area (Å²) in [5, 5.41) is 0. The van der Waals surface area contributed by atoms with E-state index in [1.807, 2.05) is 11.3 Å². The van der Waals surface area contributed by atoms with E-state index < -0.39 is 0 Å². The number of nitrogens with zero attached hydrogens (tertiary/aromatic N) is 1. The van der Waals surface area contributed by atoms with Crippen LogP contribution in [0.5, 0.6) is 0 Å². The highest BCUT2D eigenvalue weighted by atomic mass is 32.1. The van der Waals surface area contributed by atoms with Crippen molar-refractivity contribution in [2.24, 2.45) is 5.73 Å². The van der Waals surface area contributed by atoms with E-state index in [0.717, 1.165) is 13.0 Å². The first kappa shape index (κ1) is 9.74. The maximum atomic E-state index is 5.63. The fourth-order valence-corrected chi connectivity index (χ4v) is 3.05. The summed E-state index contributed by atoms with van der Waals surface area (Å²) in [6.07, 6.45) is 0.969. The lowest BCUT2D eigenvalue weighted by molar-refractivity contribution is 0.884. The smallest absolute Gasteiger partial charge is 0.100 e. The lowest BCUT2D eigenvalue weighted by Crippen LogP contribution is -2.06. The molecule has 0 atom stereocenters. The minimum atomic E-state index is 0.723. The molecule has 0 spiro atoms. The van der Waals surface area contributed by atoms with Crippen molar-refractivity contribution < 1.29 is 0 Å². The number of fused-ring (bicyclic) bond motifs is 1. The monoisotopic (exact) mass is 208 g/mol. The van der Waals surface area contributed by atoms with Gasteiger partial charge in [0.25, 0.3) is 0 Å². The van der Waals surface area contributed by atoms with E-state index >= 15 is 0 Å². The summed E-state index contributed by atoms with van der Waals surface area (Å²) in [7, 11) is 0. The van der Waals surface area contributed by atoms with Crippen molar-refractivity contribution in [1.29, 1.82) is 0 Å². The average molecular weight is 208 g/mol. The summed E-state index contributed by atoms with van der Waals surface area (Å²) in [6.45, 7) is 7.24. The van der Waals surface area contributed by atoms with Crippen LogP contribution in [0.2, 0.25) is 0 Å². The Labute approximate surface area is 88.4 Å². The first-order valence-corrected chi connectivity index (χ1v) is 5.73. The Hall–Kier alpha value is -0.800. The third-order valence-electron chi connectivity index (χ3n) is 2.77. The molecular formula is C11H16N2S. The zero-order chi connectivity index (χ0) is 10.3. The highest BCUT2D eigenvalue weighted by Gasteiger charge is 2.11. The van der Waals surface area contributed by atoms with E-state index in [1.54, 1.807) is 0 Å². The maximum absolute atomic E-state index is 5.63. The van der Waals surface area contributed by atoms with Crippen LogP contribution >= 0.6 is 11.3 Å². The van der Waals surface area contributed by atoms with Crippen molar-refractivity contribution in [3.8, 4) is 0 Å². The normalized spacial score (nSPS) is 11.4. The van der Waals surface area contributed by atoms with Crippen LogP contribution in [0.1, 0.15) is 21.8 Å². The minimum absolute atomic E-state index is 0.723. The van der Waals surface area contributed by atoms with Gasteiger partial charge in [0.05, 0.1) is 0 Å². The fourth-order valence-electron chi connectivity index (χ4n) is 1.92. The van der Waals surface area contributed by atoms with E-state index in [4.69, 9.17) is 5.73 Å². The van der Waals surface area contributed by atoms with E-state index in [-0.39, 0.29) is 0 Å². The van der Waals surface area contributed by atoms with Crippen molar-refractivity contribution in [1.82, 2.24) is 4.40 Å². The molecule has 76 valence electrons. The zero-order valence-corrected chi connectivity index (χ0v) is 9.74. The van der Waals surface area contributed by atoms with Crippen molar-refractivity contribution >= 4 is 16.2 Å². The molecule has 0 aliphatic rings. The molecule has 0 unspecified atom stereocenters. The highest BCUT2D eigenvalue weighted by Crippen LogP contribution is 2.27. The largest absolute Gasteiger partial charge is 0.330 e. The second-order valence-corrected chi connectivity index (χ2v) is 4.96. The number of thiazole rings is 1. The molecule has 2 aromatic rings. The lowest BCUT2D eigenvalue weighted by atomic mass is 10.2. The number of hydrogen-bond acceptors (Lipinski definition) is 2.